The van der Waals surface area contributed by atoms with Gasteiger partial charge in [0.1, 0.15) is 0 Å². The van der Waals surface area contributed by atoms with Crippen LogP contribution in [0.5, 0.6) is 0 Å². The third-order valence-corrected chi connectivity index (χ3v) is 1.80. The van der Waals surface area contributed by atoms with Crippen molar-refractivity contribution in [2.24, 2.45) is 5.41 Å². The summed E-state index contributed by atoms with van der Waals surface area (Å²) in [4.78, 5) is 0. The van der Waals surface area contributed by atoms with Crippen LogP contribution >= 0.6 is 0 Å². The zero-order valence-corrected chi connectivity index (χ0v) is 9.44. The second-order valence-corrected chi connectivity index (χ2v) is 4.54. The first-order valence-electron chi connectivity index (χ1n) is 4.89. The maximum atomic E-state index is 12.6. The second kappa shape index (κ2) is 4.21. The van der Waals surface area contributed by atoms with Crippen molar-refractivity contribution in [1.29, 1.82) is 0 Å². The molecule has 0 amide bonds. The Morgan fingerprint density at radius 1 is 1.00 bits per heavy atom. The number of hydrogen-bond acceptors (Lipinski definition) is 0. The molecule has 0 radical (unpaired) electrons. The quantitative estimate of drug-likeness (QED) is 0.584. The van der Waals surface area contributed by atoms with Gasteiger partial charge >= 0.3 is 6.18 Å². The smallest absolute Gasteiger partial charge is 0.166 e. The van der Waals surface area contributed by atoms with Gasteiger partial charge in [0.2, 0.25) is 0 Å². The zero-order chi connectivity index (χ0) is 12.4. The van der Waals surface area contributed by atoms with Gasteiger partial charge in [0.05, 0.1) is 5.56 Å². The van der Waals surface area contributed by atoms with Crippen LogP contribution < -0.4 is 0 Å². The Morgan fingerprint density at radius 2 is 1.56 bits per heavy atom. The highest BCUT2D eigenvalue weighted by atomic mass is 19.4. The first-order valence-corrected chi connectivity index (χ1v) is 4.89. The van der Waals surface area contributed by atoms with Gasteiger partial charge < -0.3 is 0 Å². The molecule has 0 aliphatic carbocycles. The lowest BCUT2D eigenvalue weighted by atomic mass is 9.96. The van der Waals surface area contributed by atoms with E-state index in [2.05, 4.69) is 11.8 Å². The Hall–Kier alpha value is -1.43. The molecule has 0 bridgehead atoms. The van der Waals surface area contributed by atoms with Crippen LogP contribution in [0.3, 0.4) is 0 Å². The van der Waals surface area contributed by atoms with Crippen LogP contribution in [0.2, 0.25) is 0 Å². The predicted molar refractivity (Wildman–Crippen MR) is 57.8 cm³/mol. The maximum Gasteiger partial charge on any atom is 0.417 e. The molecule has 0 N–H and O–H groups in total. The molecule has 86 valence electrons. The molecule has 0 nitrogen and oxygen atoms in total. The van der Waals surface area contributed by atoms with Gasteiger partial charge in [-0.05, 0) is 32.9 Å². The van der Waals surface area contributed by atoms with Gasteiger partial charge in [-0.3, -0.25) is 0 Å². The highest BCUT2D eigenvalue weighted by molar-refractivity contribution is 5.43. The van der Waals surface area contributed by atoms with Gasteiger partial charge in [0.25, 0.3) is 0 Å². The number of benzene rings is 1. The first kappa shape index (κ1) is 12.6. The molecule has 1 rings (SSSR count). The molecule has 0 aliphatic rings. The summed E-state index contributed by atoms with van der Waals surface area (Å²) in [6.07, 6.45) is -4.34. The first-order chi connectivity index (χ1) is 7.20. The fourth-order valence-corrected chi connectivity index (χ4v) is 1.09. The van der Waals surface area contributed by atoms with Crippen LogP contribution in [0.4, 0.5) is 13.2 Å². The molecule has 3 heteroatoms. The van der Waals surface area contributed by atoms with E-state index in [1.54, 1.807) is 6.07 Å². The van der Waals surface area contributed by atoms with Crippen LogP contribution in [0, 0.1) is 17.3 Å². The minimum Gasteiger partial charge on any atom is -0.166 e. The van der Waals surface area contributed by atoms with Gasteiger partial charge in [-0.15, -0.1) is 0 Å². The summed E-state index contributed by atoms with van der Waals surface area (Å²) < 4.78 is 37.8. The van der Waals surface area contributed by atoms with E-state index in [4.69, 9.17) is 0 Å². The summed E-state index contributed by atoms with van der Waals surface area (Å²) in [6, 6.07) is 5.36. The van der Waals surface area contributed by atoms with E-state index >= 15 is 0 Å². The van der Waals surface area contributed by atoms with Gasteiger partial charge in [0.15, 0.2) is 0 Å². The van der Waals surface area contributed by atoms with Crippen molar-refractivity contribution < 1.29 is 13.2 Å². The van der Waals surface area contributed by atoms with E-state index in [9.17, 15) is 13.2 Å². The van der Waals surface area contributed by atoms with Crippen molar-refractivity contribution >= 4 is 0 Å². The molecule has 0 spiro atoms. The Morgan fingerprint density at radius 3 is 2.06 bits per heavy atom. The van der Waals surface area contributed by atoms with Crippen molar-refractivity contribution in [3.8, 4) is 11.8 Å². The molecule has 0 heterocycles. The molecular weight excluding hydrogens is 213 g/mol. The Kier molecular flexibility index (Phi) is 3.32. The molecule has 0 atom stereocenters. The Bertz CT molecular complexity index is 425. The molecule has 0 fully saturated rings. The third kappa shape index (κ3) is 3.62. The lowest BCUT2D eigenvalue weighted by molar-refractivity contribution is -0.137. The van der Waals surface area contributed by atoms with Gasteiger partial charge in [-0.25, -0.2) is 0 Å². The van der Waals surface area contributed by atoms with Crippen molar-refractivity contribution in [1.82, 2.24) is 0 Å². The van der Waals surface area contributed by atoms with Crippen molar-refractivity contribution in [2.45, 2.75) is 26.9 Å². The maximum absolute atomic E-state index is 12.6. The summed E-state index contributed by atoms with van der Waals surface area (Å²) in [7, 11) is 0. The number of halogens is 3. The highest BCUT2D eigenvalue weighted by Gasteiger charge is 2.32. The van der Waals surface area contributed by atoms with Crippen LogP contribution in [0.15, 0.2) is 24.3 Å². The summed E-state index contributed by atoms with van der Waals surface area (Å²) >= 11 is 0. The summed E-state index contributed by atoms with van der Waals surface area (Å²) in [5, 5.41) is 0. The highest BCUT2D eigenvalue weighted by Crippen LogP contribution is 2.31. The fourth-order valence-electron chi connectivity index (χ4n) is 1.09. The van der Waals surface area contributed by atoms with Crippen LogP contribution in [-0.4, -0.2) is 0 Å². The van der Waals surface area contributed by atoms with Gasteiger partial charge in [-0.2, -0.15) is 13.2 Å². The molecule has 0 aromatic heterocycles. The summed E-state index contributed by atoms with van der Waals surface area (Å²) in [6.45, 7) is 5.57. The molecule has 1 aromatic carbocycles. The lowest BCUT2D eigenvalue weighted by Crippen LogP contribution is -2.07. The lowest BCUT2D eigenvalue weighted by Gasteiger charge is -2.10. The van der Waals surface area contributed by atoms with Crippen LogP contribution in [0.1, 0.15) is 31.9 Å². The zero-order valence-electron chi connectivity index (χ0n) is 9.44. The van der Waals surface area contributed by atoms with E-state index < -0.39 is 11.7 Å². The third-order valence-electron chi connectivity index (χ3n) is 1.80. The van der Waals surface area contributed by atoms with E-state index in [0.717, 1.165) is 6.07 Å². The van der Waals surface area contributed by atoms with E-state index in [1.807, 2.05) is 20.8 Å². The molecular formula is C13H13F3. The van der Waals surface area contributed by atoms with Crippen molar-refractivity contribution in [2.75, 3.05) is 0 Å². The van der Waals surface area contributed by atoms with Crippen LogP contribution in [-0.2, 0) is 6.18 Å². The van der Waals surface area contributed by atoms with Gasteiger partial charge in [0, 0.05) is 11.0 Å². The Balaban J connectivity index is 3.19. The predicted octanol–water partition coefficient (Wildman–Crippen LogP) is 4.10. The van der Waals surface area contributed by atoms with Crippen molar-refractivity contribution in [3.05, 3.63) is 35.4 Å². The second-order valence-electron chi connectivity index (χ2n) is 4.54. The topological polar surface area (TPSA) is 0 Å². The van der Waals surface area contributed by atoms with E-state index in [0.29, 0.717) is 0 Å². The molecule has 1 aromatic rings. The molecule has 0 aliphatic heterocycles. The molecule has 0 unspecified atom stereocenters. The minimum atomic E-state index is -4.34. The standard InChI is InChI=1S/C13H13F3/c1-12(2,3)9-8-10-6-4-5-7-11(10)13(14,15)16/h4-7H,1-3H3. The fraction of sp³-hybridized carbons (Fsp3) is 0.385. The molecule has 16 heavy (non-hydrogen) atoms. The van der Waals surface area contributed by atoms with Crippen molar-refractivity contribution in [3.63, 3.8) is 0 Å². The Labute approximate surface area is 93.5 Å². The average molecular weight is 226 g/mol. The molecule has 0 saturated carbocycles. The average Bonchev–Trinajstić information content (AvgIpc) is 2.12. The minimum absolute atomic E-state index is 0.0323. The summed E-state index contributed by atoms with van der Waals surface area (Å²) in [5.41, 5.74) is -0.949. The van der Waals surface area contributed by atoms with Gasteiger partial charge in [-0.1, -0.05) is 24.0 Å². The van der Waals surface area contributed by atoms with Crippen LogP contribution in [0.25, 0.3) is 0 Å². The number of rotatable bonds is 0. The normalized spacial score (nSPS) is 11.9. The largest absolute Gasteiger partial charge is 0.417 e. The van der Waals surface area contributed by atoms with E-state index in [1.165, 1.54) is 12.1 Å². The SMILES string of the molecule is CC(C)(C)C#Cc1ccccc1C(F)(F)F. The molecule has 0 saturated heterocycles. The summed E-state index contributed by atoms with van der Waals surface area (Å²) in [5.74, 6) is 5.39. The number of alkyl halides is 3. The monoisotopic (exact) mass is 226 g/mol. The van der Waals surface area contributed by atoms with E-state index in [-0.39, 0.29) is 11.0 Å². The number of hydrogen-bond donors (Lipinski definition) is 0.